The van der Waals surface area contributed by atoms with Crippen LogP contribution in [0.4, 0.5) is 0 Å². The highest BCUT2D eigenvalue weighted by Gasteiger charge is 2.30. The minimum Gasteiger partial charge on any atom is -0.364 e. The Balaban J connectivity index is 1.52. The van der Waals surface area contributed by atoms with Crippen LogP contribution in [0.3, 0.4) is 0 Å². The SMILES string of the molecule is CN=C(NCC(C1CCCCC1)N(C)C)N1CCN(S(=O)(=O)Cc2ccon2)CC1. The zero-order valence-corrected chi connectivity index (χ0v) is 19.3. The number of aliphatic imine (C=N–C) groups is 1. The van der Waals surface area contributed by atoms with Crippen molar-refractivity contribution in [2.24, 2.45) is 10.9 Å². The molecule has 30 heavy (non-hydrogen) atoms. The molecule has 0 radical (unpaired) electrons. The van der Waals surface area contributed by atoms with E-state index in [2.05, 4.69) is 39.4 Å². The molecule has 1 saturated heterocycles. The molecule has 1 aliphatic heterocycles. The first-order valence-corrected chi connectivity index (χ1v) is 12.5. The maximum Gasteiger partial charge on any atom is 0.220 e. The molecular formula is C20H36N6O3S. The molecule has 1 aromatic heterocycles. The number of rotatable bonds is 7. The molecule has 1 aromatic rings. The minimum atomic E-state index is -3.40. The van der Waals surface area contributed by atoms with E-state index in [-0.39, 0.29) is 5.75 Å². The Labute approximate surface area is 180 Å². The fraction of sp³-hybridized carbons (Fsp3) is 0.800. The highest BCUT2D eigenvalue weighted by Crippen LogP contribution is 2.28. The summed E-state index contributed by atoms with van der Waals surface area (Å²) >= 11 is 0. The Kier molecular flexibility index (Phi) is 8.13. The van der Waals surface area contributed by atoms with Gasteiger partial charge in [0, 0.05) is 51.9 Å². The topological polar surface area (TPSA) is 94.3 Å². The third-order valence-corrected chi connectivity index (χ3v) is 8.10. The van der Waals surface area contributed by atoms with Gasteiger partial charge in [0.25, 0.3) is 0 Å². The van der Waals surface area contributed by atoms with Gasteiger partial charge in [0.05, 0.1) is 5.69 Å². The van der Waals surface area contributed by atoms with Crippen molar-refractivity contribution in [2.45, 2.75) is 43.9 Å². The van der Waals surface area contributed by atoms with Gasteiger partial charge < -0.3 is 19.6 Å². The Hall–Kier alpha value is -1.65. The first-order chi connectivity index (χ1) is 14.4. The van der Waals surface area contributed by atoms with E-state index in [0.717, 1.165) is 18.4 Å². The fourth-order valence-electron chi connectivity index (χ4n) is 4.59. The molecule has 1 aliphatic carbocycles. The first kappa shape index (κ1) is 23.0. The summed E-state index contributed by atoms with van der Waals surface area (Å²) in [5, 5.41) is 7.27. The quantitative estimate of drug-likeness (QED) is 0.503. The molecule has 2 fully saturated rings. The van der Waals surface area contributed by atoms with Crippen LogP contribution < -0.4 is 5.32 Å². The van der Waals surface area contributed by atoms with Crippen LogP contribution >= 0.6 is 0 Å². The van der Waals surface area contributed by atoms with Gasteiger partial charge in [0.15, 0.2) is 5.96 Å². The fourth-order valence-corrected chi connectivity index (χ4v) is 6.01. The van der Waals surface area contributed by atoms with E-state index in [1.807, 2.05) is 0 Å². The van der Waals surface area contributed by atoms with Gasteiger partial charge in [-0.15, -0.1) is 0 Å². The van der Waals surface area contributed by atoms with Crippen LogP contribution in [0, 0.1) is 5.92 Å². The molecule has 3 rings (SSSR count). The van der Waals surface area contributed by atoms with Crippen LogP contribution in [0.2, 0.25) is 0 Å². The molecule has 1 atom stereocenters. The summed E-state index contributed by atoms with van der Waals surface area (Å²) in [4.78, 5) is 8.93. The maximum atomic E-state index is 12.6. The summed E-state index contributed by atoms with van der Waals surface area (Å²) in [5.41, 5.74) is 0.437. The number of nitrogens with zero attached hydrogens (tertiary/aromatic N) is 5. The Morgan fingerprint density at radius 1 is 1.27 bits per heavy atom. The molecule has 0 amide bonds. The highest BCUT2D eigenvalue weighted by atomic mass is 32.2. The average Bonchev–Trinajstić information content (AvgIpc) is 3.24. The van der Waals surface area contributed by atoms with Crippen LogP contribution in [0.5, 0.6) is 0 Å². The lowest BCUT2D eigenvalue weighted by Gasteiger charge is -2.38. The number of likely N-dealkylation sites (N-methyl/N-ethyl adjacent to an activating group) is 1. The van der Waals surface area contributed by atoms with Crippen molar-refractivity contribution >= 4 is 16.0 Å². The van der Waals surface area contributed by atoms with E-state index in [1.54, 1.807) is 13.1 Å². The second-order valence-corrected chi connectivity index (χ2v) is 10.5. The molecule has 2 heterocycles. The van der Waals surface area contributed by atoms with Crippen LogP contribution in [-0.2, 0) is 15.8 Å². The largest absolute Gasteiger partial charge is 0.364 e. The van der Waals surface area contributed by atoms with Crippen molar-refractivity contribution in [3.05, 3.63) is 18.0 Å². The molecule has 10 heteroatoms. The smallest absolute Gasteiger partial charge is 0.220 e. The van der Waals surface area contributed by atoms with Crippen LogP contribution in [0.15, 0.2) is 21.8 Å². The van der Waals surface area contributed by atoms with Crippen molar-refractivity contribution in [1.29, 1.82) is 0 Å². The van der Waals surface area contributed by atoms with Gasteiger partial charge in [-0.1, -0.05) is 24.4 Å². The number of piperazine rings is 1. The van der Waals surface area contributed by atoms with Gasteiger partial charge in [-0.2, -0.15) is 4.31 Å². The highest BCUT2D eigenvalue weighted by molar-refractivity contribution is 7.88. The summed E-state index contributed by atoms with van der Waals surface area (Å²) in [5.74, 6) is 1.45. The van der Waals surface area contributed by atoms with Gasteiger partial charge in [-0.05, 0) is 32.9 Å². The standard InChI is InChI=1S/C20H36N6O3S/c1-21-20(22-15-19(24(2)3)17-7-5-4-6-8-17)25-10-12-26(13-11-25)30(27,28)16-18-9-14-29-23-18/h9,14,17,19H,4-8,10-13,15-16H2,1-3H3,(H,21,22). The summed E-state index contributed by atoms with van der Waals surface area (Å²) < 4.78 is 31.6. The first-order valence-electron chi connectivity index (χ1n) is 10.9. The third kappa shape index (κ3) is 5.95. The van der Waals surface area contributed by atoms with Crippen molar-refractivity contribution in [1.82, 2.24) is 24.6 Å². The summed E-state index contributed by atoms with van der Waals surface area (Å²) in [6.45, 7) is 2.98. The lowest BCUT2D eigenvalue weighted by Crippen LogP contribution is -2.55. The number of hydrogen-bond donors (Lipinski definition) is 1. The zero-order valence-electron chi connectivity index (χ0n) is 18.5. The molecule has 1 N–H and O–H groups in total. The molecular weight excluding hydrogens is 404 g/mol. The molecule has 0 bridgehead atoms. The number of sulfonamides is 1. The molecule has 2 aliphatic rings. The number of aromatic nitrogens is 1. The van der Waals surface area contributed by atoms with Crippen LogP contribution in [0.25, 0.3) is 0 Å². The molecule has 0 aromatic carbocycles. The summed E-state index contributed by atoms with van der Waals surface area (Å²) in [7, 11) is 2.71. The second-order valence-electron chi connectivity index (χ2n) is 8.49. The van der Waals surface area contributed by atoms with E-state index in [4.69, 9.17) is 4.52 Å². The Morgan fingerprint density at radius 3 is 2.53 bits per heavy atom. The Bertz CT molecular complexity index is 766. The predicted octanol–water partition coefficient (Wildman–Crippen LogP) is 1.21. The van der Waals surface area contributed by atoms with Crippen molar-refractivity contribution < 1.29 is 12.9 Å². The third-order valence-electron chi connectivity index (χ3n) is 6.29. The van der Waals surface area contributed by atoms with Gasteiger partial charge >= 0.3 is 0 Å². The van der Waals surface area contributed by atoms with Gasteiger partial charge in [0.2, 0.25) is 10.0 Å². The molecule has 1 saturated carbocycles. The van der Waals surface area contributed by atoms with E-state index in [9.17, 15) is 8.42 Å². The van der Waals surface area contributed by atoms with E-state index >= 15 is 0 Å². The van der Waals surface area contributed by atoms with E-state index < -0.39 is 10.0 Å². The van der Waals surface area contributed by atoms with E-state index in [0.29, 0.717) is 37.9 Å². The maximum absolute atomic E-state index is 12.6. The van der Waals surface area contributed by atoms with Crippen molar-refractivity contribution in [3.8, 4) is 0 Å². The Morgan fingerprint density at radius 2 is 1.97 bits per heavy atom. The predicted molar refractivity (Wildman–Crippen MR) is 118 cm³/mol. The monoisotopic (exact) mass is 440 g/mol. The average molecular weight is 441 g/mol. The summed E-state index contributed by atoms with van der Waals surface area (Å²) in [6, 6.07) is 2.07. The molecule has 0 spiro atoms. The second kappa shape index (κ2) is 10.6. The van der Waals surface area contributed by atoms with E-state index in [1.165, 1.54) is 42.7 Å². The molecule has 170 valence electrons. The van der Waals surface area contributed by atoms with Gasteiger partial charge in [-0.25, -0.2) is 8.42 Å². The van der Waals surface area contributed by atoms with Crippen LogP contribution in [0.1, 0.15) is 37.8 Å². The minimum absolute atomic E-state index is 0.123. The van der Waals surface area contributed by atoms with Gasteiger partial charge in [-0.3, -0.25) is 4.99 Å². The summed E-state index contributed by atoms with van der Waals surface area (Å²) in [6.07, 6.45) is 8.00. The van der Waals surface area contributed by atoms with Crippen LogP contribution in [-0.4, -0.2) is 93.5 Å². The van der Waals surface area contributed by atoms with Gasteiger partial charge in [0.1, 0.15) is 12.0 Å². The molecule has 1 unspecified atom stereocenters. The number of nitrogens with one attached hydrogen (secondary N) is 1. The van der Waals surface area contributed by atoms with Crippen molar-refractivity contribution in [3.63, 3.8) is 0 Å². The normalized spacial score (nSPS) is 21.2. The lowest BCUT2D eigenvalue weighted by molar-refractivity contribution is 0.169. The number of hydrogen-bond acceptors (Lipinski definition) is 6. The van der Waals surface area contributed by atoms with Crippen molar-refractivity contribution in [2.75, 3.05) is 53.9 Å². The zero-order chi connectivity index (χ0) is 21.6. The lowest BCUT2D eigenvalue weighted by atomic mass is 9.83. The number of guanidine groups is 1. The molecule has 9 nitrogen and oxygen atoms in total.